The number of fused-ring (bicyclic) bond motifs is 1. The third-order valence-electron chi connectivity index (χ3n) is 6.21. The molecule has 214 valence electrons. The highest BCUT2D eigenvalue weighted by atomic mass is 35.5. The van der Waals surface area contributed by atoms with Crippen molar-refractivity contribution in [2.24, 2.45) is 5.92 Å². The molecule has 3 rings (SSSR count). The Kier molecular flexibility index (Phi) is 10.7. The van der Waals surface area contributed by atoms with Crippen LogP contribution < -0.4 is 19.1 Å². The SMILES string of the molecule is CC(C)CNC(=O)[C@@H](C)N(Cc1c(Cl)cccc1Cl)C(=O)CCCN(c1ccc2c(c1)OCCO2)S(C)(=O)=O. The number of anilines is 1. The molecular formula is C27H35Cl2N3O6S. The Morgan fingerprint density at radius 3 is 2.28 bits per heavy atom. The van der Waals surface area contributed by atoms with E-state index >= 15 is 0 Å². The number of carbonyl (C=O) groups is 2. The molecule has 2 aromatic rings. The Morgan fingerprint density at radius 1 is 1.03 bits per heavy atom. The van der Waals surface area contributed by atoms with E-state index < -0.39 is 16.1 Å². The minimum atomic E-state index is -3.65. The van der Waals surface area contributed by atoms with Crippen molar-refractivity contribution in [1.29, 1.82) is 0 Å². The van der Waals surface area contributed by atoms with Gasteiger partial charge in [-0.3, -0.25) is 13.9 Å². The second kappa shape index (κ2) is 13.6. The van der Waals surface area contributed by atoms with E-state index in [0.29, 0.717) is 52.6 Å². The van der Waals surface area contributed by atoms with Crippen molar-refractivity contribution in [1.82, 2.24) is 10.2 Å². The lowest BCUT2D eigenvalue weighted by Crippen LogP contribution is -2.48. The van der Waals surface area contributed by atoms with Crippen molar-refractivity contribution in [3.05, 3.63) is 52.0 Å². The fourth-order valence-electron chi connectivity index (χ4n) is 4.08. The first-order chi connectivity index (χ1) is 18.4. The maximum absolute atomic E-state index is 13.5. The monoisotopic (exact) mass is 599 g/mol. The fraction of sp³-hybridized carbons (Fsp3) is 0.481. The normalized spacial score (nSPS) is 13.6. The molecule has 0 unspecified atom stereocenters. The maximum atomic E-state index is 13.5. The van der Waals surface area contributed by atoms with E-state index in [9.17, 15) is 18.0 Å². The summed E-state index contributed by atoms with van der Waals surface area (Å²) in [7, 11) is -3.65. The first-order valence-corrected chi connectivity index (χ1v) is 15.4. The van der Waals surface area contributed by atoms with Crippen LogP contribution in [0.2, 0.25) is 10.0 Å². The predicted molar refractivity (Wildman–Crippen MR) is 153 cm³/mol. The Hall–Kier alpha value is -2.69. The zero-order valence-corrected chi connectivity index (χ0v) is 24.9. The summed E-state index contributed by atoms with van der Waals surface area (Å²) in [6.07, 6.45) is 1.33. The summed E-state index contributed by atoms with van der Waals surface area (Å²) in [6.45, 7) is 6.96. The van der Waals surface area contributed by atoms with Crippen molar-refractivity contribution in [2.45, 2.75) is 46.2 Å². The lowest BCUT2D eigenvalue weighted by molar-refractivity contribution is -0.140. The molecule has 39 heavy (non-hydrogen) atoms. The molecule has 0 bridgehead atoms. The molecule has 12 heteroatoms. The zero-order chi connectivity index (χ0) is 28.7. The second-order valence-corrected chi connectivity index (χ2v) is 12.5. The van der Waals surface area contributed by atoms with Gasteiger partial charge in [-0.25, -0.2) is 8.42 Å². The fourth-order valence-corrected chi connectivity index (χ4v) is 5.55. The number of halogens is 2. The van der Waals surface area contributed by atoms with Crippen LogP contribution in [0, 0.1) is 5.92 Å². The van der Waals surface area contributed by atoms with Crippen LogP contribution in [0.4, 0.5) is 5.69 Å². The number of hydrogen-bond donors (Lipinski definition) is 1. The third kappa shape index (κ3) is 8.40. The molecule has 0 aliphatic carbocycles. The number of rotatable bonds is 12. The molecule has 0 saturated carbocycles. The van der Waals surface area contributed by atoms with E-state index in [4.69, 9.17) is 32.7 Å². The van der Waals surface area contributed by atoms with E-state index in [1.165, 1.54) is 9.21 Å². The molecule has 2 aromatic carbocycles. The minimum Gasteiger partial charge on any atom is -0.486 e. The van der Waals surface area contributed by atoms with Gasteiger partial charge in [0.2, 0.25) is 21.8 Å². The number of nitrogens with one attached hydrogen (secondary N) is 1. The molecule has 1 N–H and O–H groups in total. The van der Waals surface area contributed by atoms with Crippen molar-refractivity contribution >= 4 is 50.7 Å². The van der Waals surface area contributed by atoms with E-state index in [0.717, 1.165) is 6.26 Å². The molecule has 0 saturated heterocycles. The van der Waals surface area contributed by atoms with Crippen LogP contribution in [-0.2, 0) is 26.2 Å². The minimum absolute atomic E-state index is 0.000441. The average molecular weight is 601 g/mol. The molecule has 1 atom stereocenters. The Labute approximate surface area is 240 Å². The third-order valence-corrected chi connectivity index (χ3v) is 8.11. The first-order valence-electron chi connectivity index (χ1n) is 12.8. The van der Waals surface area contributed by atoms with Crippen LogP contribution in [0.3, 0.4) is 0 Å². The molecule has 1 aliphatic heterocycles. The average Bonchev–Trinajstić information content (AvgIpc) is 2.88. The summed E-state index contributed by atoms with van der Waals surface area (Å²) in [5, 5.41) is 3.64. The van der Waals surface area contributed by atoms with Crippen molar-refractivity contribution in [3.8, 4) is 11.5 Å². The summed E-state index contributed by atoms with van der Waals surface area (Å²) in [4.78, 5) is 27.8. The van der Waals surface area contributed by atoms with Crippen LogP contribution in [0.25, 0.3) is 0 Å². The highest BCUT2D eigenvalue weighted by Gasteiger charge is 2.28. The van der Waals surface area contributed by atoms with Crippen LogP contribution in [0.15, 0.2) is 36.4 Å². The Morgan fingerprint density at radius 2 is 1.67 bits per heavy atom. The van der Waals surface area contributed by atoms with Gasteiger partial charge in [0.15, 0.2) is 11.5 Å². The summed E-state index contributed by atoms with van der Waals surface area (Å²) in [5.74, 6) is 0.633. The zero-order valence-electron chi connectivity index (χ0n) is 22.6. The molecule has 1 heterocycles. The van der Waals surface area contributed by atoms with Crippen LogP contribution in [-0.4, -0.2) is 63.7 Å². The molecular weight excluding hydrogens is 565 g/mol. The van der Waals surface area contributed by atoms with Crippen LogP contribution in [0.1, 0.15) is 39.2 Å². The summed E-state index contributed by atoms with van der Waals surface area (Å²) in [6, 6.07) is 9.18. The van der Waals surface area contributed by atoms with Crippen molar-refractivity contribution in [2.75, 3.05) is 36.9 Å². The smallest absolute Gasteiger partial charge is 0.242 e. The van der Waals surface area contributed by atoms with Gasteiger partial charge in [0, 0.05) is 47.7 Å². The Balaban J connectivity index is 1.77. The number of ether oxygens (including phenoxy) is 2. The van der Waals surface area contributed by atoms with Crippen molar-refractivity contribution < 1.29 is 27.5 Å². The Bertz CT molecular complexity index is 1270. The van der Waals surface area contributed by atoms with E-state index in [2.05, 4.69) is 5.32 Å². The number of hydrogen-bond acceptors (Lipinski definition) is 6. The molecule has 0 aromatic heterocycles. The van der Waals surface area contributed by atoms with Crippen molar-refractivity contribution in [3.63, 3.8) is 0 Å². The van der Waals surface area contributed by atoms with Gasteiger partial charge in [0.1, 0.15) is 19.3 Å². The van der Waals surface area contributed by atoms with Crippen LogP contribution in [0.5, 0.6) is 11.5 Å². The second-order valence-electron chi connectivity index (χ2n) is 9.80. The molecule has 0 radical (unpaired) electrons. The molecule has 9 nitrogen and oxygen atoms in total. The summed E-state index contributed by atoms with van der Waals surface area (Å²) >= 11 is 12.7. The number of nitrogens with zero attached hydrogens (tertiary/aromatic N) is 2. The van der Waals surface area contributed by atoms with Gasteiger partial charge in [0.05, 0.1) is 11.9 Å². The molecule has 1 aliphatic rings. The highest BCUT2D eigenvalue weighted by Crippen LogP contribution is 2.35. The molecule has 0 fully saturated rings. The van der Waals surface area contributed by atoms with Gasteiger partial charge >= 0.3 is 0 Å². The van der Waals surface area contributed by atoms with E-state index in [1.54, 1.807) is 43.3 Å². The molecule has 2 amide bonds. The van der Waals surface area contributed by atoms with Gasteiger partial charge in [0.25, 0.3) is 0 Å². The lowest BCUT2D eigenvalue weighted by atomic mass is 10.1. The van der Waals surface area contributed by atoms with E-state index in [1.807, 2.05) is 13.8 Å². The van der Waals surface area contributed by atoms with E-state index in [-0.39, 0.29) is 43.7 Å². The van der Waals surface area contributed by atoms with Gasteiger partial charge in [-0.15, -0.1) is 0 Å². The maximum Gasteiger partial charge on any atom is 0.242 e. The number of carbonyl (C=O) groups excluding carboxylic acids is 2. The van der Waals surface area contributed by atoms with Gasteiger partial charge < -0.3 is 19.7 Å². The highest BCUT2D eigenvalue weighted by molar-refractivity contribution is 7.92. The van der Waals surface area contributed by atoms with Gasteiger partial charge in [-0.1, -0.05) is 43.1 Å². The topological polar surface area (TPSA) is 105 Å². The number of benzene rings is 2. The van der Waals surface area contributed by atoms with Crippen LogP contribution >= 0.6 is 23.2 Å². The number of amides is 2. The van der Waals surface area contributed by atoms with Gasteiger partial charge in [-0.2, -0.15) is 0 Å². The summed E-state index contributed by atoms with van der Waals surface area (Å²) in [5.41, 5.74) is 0.946. The summed E-state index contributed by atoms with van der Waals surface area (Å²) < 4.78 is 37.6. The molecule has 0 spiro atoms. The largest absolute Gasteiger partial charge is 0.486 e. The standard InChI is InChI=1S/C27H35Cl2N3O6S/c1-18(2)16-30-27(34)19(3)31(17-21-22(28)7-5-8-23(21)29)26(33)9-6-12-32(39(4,35)36)20-10-11-24-25(15-20)38-14-13-37-24/h5,7-8,10-11,15,18-19H,6,9,12-14,16-17H2,1-4H3,(H,30,34)/t19-/m1/s1. The van der Waals surface area contributed by atoms with Gasteiger partial charge in [-0.05, 0) is 43.5 Å². The first kappa shape index (κ1) is 30.8. The predicted octanol–water partition coefficient (Wildman–Crippen LogP) is 4.50. The lowest BCUT2D eigenvalue weighted by Gasteiger charge is -2.30. The quantitative estimate of drug-likeness (QED) is 0.385. The number of sulfonamides is 1.